The Labute approximate surface area is 110 Å². The Kier molecular flexibility index (Phi) is 4.38. The van der Waals surface area contributed by atoms with Crippen molar-refractivity contribution in [1.82, 2.24) is 14.8 Å². The first-order valence-electron chi connectivity index (χ1n) is 7.23. The Morgan fingerprint density at radius 3 is 2.56 bits per heavy atom. The van der Waals surface area contributed by atoms with Crippen molar-refractivity contribution in [3.05, 3.63) is 11.6 Å². The standard InChI is InChI=1S/C14H26N4/c1-10(2)9-12-16-14(18(3)17-12)13(15)11-7-5-4-6-8-11/h10-11,13H,4-9,15H2,1-3H3. The first-order valence-corrected chi connectivity index (χ1v) is 7.23. The number of aryl methyl sites for hydroxylation is 1. The molecule has 0 bridgehead atoms. The SMILES string of the molecule is CC(C)Cc1nc(C(N)C2CCCCC2)n(C)n1. The molecule has 102 valence electrons. The van der Waals surface area contributed by atoms with Gasteiger partial charge in [0.2, 0.25) is 0 Å². The summed E-state index contributed by atoms with van der Waals surface area (Å²) in [7, 11) is 1.97. The van der Waals surface area contributed by atoms with E-state index in [-0.39, 0.29) is 6.04 Å². The molecule has 1 aliphatic carbocycles. The first-order chi connectivity index (χ1) is 8.58. The minimum absolute atomic E-state index is 0.0590. The normalized spacial score (nSPS) is 19.4. The van der Waals surface area contributed by atoms with Crippen molar-refractivity contribution in [3.63, 3.8) is 0 Å². The average Bonchev–Trinajstić information content (AvgIpc) is 2.69. The van der Waals surface area contributed by atoms with Crippen LogP contribution in [0.1, 0.15) is 63.6 Å². The number of rotatable bonds is 4. The van der Waals surface area contributed by atoms with Crippen molar-refractivity contribution >= 4 is 0 Å². The van der Waals surface area contributed by atoms with Crippen molar-refractivity contribution in [2.24, 2.45) is 24.6 Å². The molecule has 18 heavy (non-hydrogen) atoms. The summed E-state index contributed by atoms with van der Waals surface area (Å²) in [5.41, 5.74) is 6.39. The Bertz CT molecular complexity index is 377. The van der Waals surface area contributed by atoms with Crippen LogP contribution in [0.3, 0.4) is 0 Å². The second-order valence-corrected chi connectivity index (χ2v) is 6.03. The van der Waals surface area contributed by atoms with Crippen molar-refractivity contribution < 1.29 is 0 Å². The Hall–Kier alpha value is -0.900. The fourth-order valence-corrected chi connectivity index (χ4v) is 2.90. The highest BCUT2D eigenvalue weighted by molar-refractivity contribution is 5.01. The smallest absolute Gasteiger partial charge is 0.151 e. The minimum Gasteiger partial charge on any atom is -0.321 e. The van der Waals surface area contributed by atoms with Crippen LogP contribution in [-0.4, -0.2) is 14.8 Å². The summed E-state index contributed by atoms with van der Waals surface area (Å²) in [4.78, 5) is 4.65. The van der Waals surface area contributed by atoms with Crippen LogP contribution in [0.25, 0.3) is 0 Å². The van der Waals surface area contributed by atoms with E-state index in [2.05, 4.69) is 23.9 Å². The Balaban J connectivity index is 2.08. The third-order valence-corrected chi connectivity index (χ3v) is 3.89. The molecule has 1 atom stereocenters. The molecule has 1 aromatic heterocycles. The van der Waals surface area contributed by atoms with Crippen LogP contribution >= 0.6 is 0 Å². The molecule has 1 unspecified atom stereocenters. The molecule has 0 aromatic carbocycles. The average molecular weight is 250 g/mol. The molecule has 0 amide bonds. The van der Waals surface area contributed by atoms with Gasteiger partial charge in [0, 0.05) is 13.5 Å². The molecular formula is C14H26N4. The molecular weight excluding hydrogens is 224 g/mol. The van der Waals surface area contributed by atoms with Crippen LogP contribution in [0.15, 0.2) is 0 Å². The molecule has 4 heteroatoms. The van der Waals surface area contributed by atoms with E-state index in [0.717, 1.165) is 18.1 Å². The van der Waals surface area contributed by atoms with Gasteiger partial charge in [0.1, 0.15) is 5.82 Å². The summed E-state index contributed by atoms with van der Waals surface area (Å²) in [5.74, 6) is 3.09. The largest absolute Gasteiger partial charge is 0.321 e. The molecule has 2 rings (SSSR count). The van der Waals surface area contributed by atoms with Gasteiger partial charge in [-0.2, -0.15) is 5.10 Å². The highest BCUT2D eigenvalue weighted by Gasteiger charge is 2.25. The van der Waals surface area contributed by atoms with Crippen molar-refractivity contribution in [3.8, 4) is 0 Å². The summed E-state index contributed by atoms with van der Waals surface area (Å²) in [6, 6.07) is 0.0590. The molecule has 1 fully saturated rings. The lowest BCUT2D eigenvalue weighted by molar-refractivity contribution is 0.296. The number of hydrogen-bond donors (Lipinski definition) is 1. The summed E-state index contributed by atoms with van der Waals surface area (Å²) < 4.78 is 1.89. The van der Waals surface area contributed by atoms with Gasteiger partial charge in [-0.1, -0.05) is 33.1 Å². The topological polar surface area (TPSA) is 56.7 Å². The molecule has 0 aliphatic heterocycles. The zero-order valence-electron chi connectivity index (χ0n) is 11.9. The highest BCUT2D eigenvalue weighted by atomic mass is 15.3. The summed E-state index contributed by atoms with van der Waals surface area (Å²) in [5, 5.41) is 4.49. The third kappa shape index (κ3) is 3.10. The van der Waals surface area contributed by atoms with Gasteiger partial charge in [0.25, 0.3) is 0 Å². The molecule has 1 aliphatic rings. The lowest BCUT2D eigenvalue weighted by Crippen LogP contribution is -2.26. The Morgan fingerprint density at radius 2 is 1.94 bits per heavy atom. The monoisotopic (exact) mass is 250 g/mol. The maximum atomic E-state index is 6.39. The highest BCUT2D eigenvalue weighted by Crippen LogP contribution is 2.32. The zero-order valence-corrected chi connectivity index (χ0v) is 11.9. The number of hydrogen-bond acceptors (Lipinski definition) is 3. The fourth-order valence-electron chi connectivity index (χ4n) is 2.90. The summed E-state index contributed by atoms with van der Waals surface area (Å²) in [6.07, 6.45) is 7.41. The fraction of sp³-hybridized carbons (Fsp3) is 0.857. The number of nitrogens with zero attached hydrogens (tertiary/aromatic N) is 3. The molecule has 2 N–H and O–H groups in total. The quantitative estimate of drug-likeness (QED) is 0.893. The van der Waals surface area contributed by atoms with Crippen LogP contribution in [0.5, 0.6) is 0 Å². The molecule has 1 heterocycles. The van der Waals surface area contributed by atoms with E-state index in [0.29, 0.717) is 11.8 Å². The second kappa shape index (κ2) is 5.83. The van der Waals surface area contributed by atoms with Crippen LogP contribution in [-0.2, 0) is 13.5 Å². The molecule has 0 spiro atoms. The van der Waals surface area contributed by atoms with E-state index in [4.69, 9.17) is 5.73 Å². The maximum Gasteiger partial charge on any atom is 0.151 e. The van der Waals surface area contributed by atoms with Crippen molar-refractivity contribution in [2.45, 2.75) is 58.4 Å². The van der Waals surface area contributed by atoms with E-state index in [1.54, 1.807) is 0 Å². The van der Waals surface area contributed by atoms with Crippen molar-refractivity contribution in [2.75, 3.05) is 0 Å². The Morgan fingerprint density at radius 1 is 1.28 bits per heavy atom. The molecule has 0 radical (unpaired) electrons. The number of aromatic nitrogens is 3. The van der Waals surface area contributed by atoms with E-state index in [9.17, 15) is 0 Å². The molecule has 1 aromatic rings. The zero-order chi connectivity index (χ0) is 13.1. The molecule has 0 saturated heterocycles. The van der Waals surface area contributed by atoms with Crippen LogP contribution in [0.2, 0.25) is 0 Å². The van der Waals surface area contributed by atoms with Gasteiger partial charge in [0.15, 0.2) is 5.82 Å². The predicted octanol–water partition coefficient (Wildman–Crippen LogP) is 2.59. The van der Waals surface area contributed by atoms with E-state index in [1.807, 2.05) is 11.7 Å². The minimum atomic E-state index is 0.0590. The lowest BCUT2D eigenvalue weighted by Gasteiger charge is -2.26. The van der Waals surface area contributed by atoms with Crippen molar-refractivity contribution in [1.29, 1.82) is 0 Å². The lowest BCUT2D eigenvalue weighted by atomic mass is 9.84. The van der Waals surface area contributed by atoms with Gasteiger partial charge < -0.3 is 5.73 Å². The number of nitrogens with two attached hydrogens (primary N) is 1. The third-order valence-electron chi connectivity index (χ3n) is 3.89. The van der Waals surface area contributed by atoms with Gasteiger partial charge in [-0.25, -0.2) is 4.98 Å². The van der Waals surface area contributed by atoms with E-state index in [1.165, 1.54) is 32.1 Å². The van der Waals surface area contributed by atoms with Gasteiger partial charge >= 0.3 is 0 Å². The van der Waals surface area contributed by atoms with E-state index >= 15 is 0 Å². The second-order valence-electron chi connectivity index (χ2n) is 6.03. The first kappa shape index (κ1) is 13.5. The van der Waals surface area contributed by atoms with Crippen LogP contribution in [0, 0.1) is 11.8 Å². The summed E-state index contributed by atoms with van der Waals surface area (Å²) in [6.45, 7) is 4.38. The van der Waals surface area contributed by atoms with Crippen LogP contribution < -0.4 is 5.73 Å². The predicted molar refractivity (Wildman–Crippen MR) is 73.0 cm³/mol. The van der Waals surface area contributed by atoms with Gasteiger partial charge in [-0.05, 0) is 24.7 Å². The maximum absolute atomic E-state index is 6.39. The van der Waals surface area contributed by atoms with E-state index < -0.39 is 0 Å². The van der Waals surface area contributed by atoms with Gasteiger partial charge in [-0.15, -0.1) is 0 Å². The van der Waals surface area contributed by atoms with Gasteiger partial charge in [-0.3, -0.25) is 4.68 Å². The van der Waals surface area contributed by atoms with Crippen LogP contribution in [0.4, 0.5) is 0 Å². The summed E-state index contributed by atoms with van der Waals surface area (Å²) >= 11 is 0. The molecule has 4 nitrogen and oxygen atoms in total. The molecule has 1 saturated carbocycles. The van der Waals surface area contributed by atoms with Gasteiger partial charge in [0.05, 0.1) is 6.04 Å².